The first kappa shape index (κ1) is 19.4. The standard InChI is InChI=1S/C16H23F3N2O2/c1-22-11-3-2-5-15(21-23-12-4-10-20)13-6-8-14(9-7-13)16(17,18)19/h6-9H,2-5,10-12,20H2,1H3/b21-15+. The summed E-state index contributed by atoms with van der Waals surface area (Å²) in [5.41, 5.74) is 5.96. The Labute approximate surface area is 134 Å². The van der Waals surface area contributed by atoms with E-state index in [1.165, 1.54) is 12.1 Å². The highest BCUT2D eigenvalue weighted by Gasteiger charge is 2.30. The number of benzene rings is 1. The van der Waals surface area contributed by atoms with Crippen LogP contribution in [0.4, 0.5) is 13.2 Å². The molecule has 0 aliphatic heterocycles. The number of hydrogen-bond acceptors (Lipinski definition) is 4. The SMILES string of the molecule is COCCCC/C(=N\OCCCN)c1ccc(C(F)(F)F)cc1. The molecule has 1 aromatic rings. The highest BCUT2D eigenvalue weighted by molar-refractivity contribution is 6.00. The minimum Gasteiger partial charge on any atom is -0.396 e. The molecular formula is C16H23F3N2O2. The molecule has 0 saturated heterocycles. The van der Waals surface area contributed by atoms with Crippen LogP contribution in [-0.4, -0.2) is 32.6 Å². The number of rotatable bonds is 10. The van der Waals surface area contributed by atoms with Gasteiger partial charge in [0.05, 0.1) is 11.3 Å². The first-order valence-corrected chi connectivity index (χ1v) is 7.54. The third kappa shape index (κ3) is 7.47. The zero-order valence-electron chi connectivity index (χ0n) is 13.2. The van der Waals surface area contributed by atoms with Crippen LogP contribution in [0.2, 0.25) is 0 Å². The lowest BCUT2D eigenvalue weighted by Gasteiger charge is -2.10. The van der Waals surface area contributed by atoms with Crippen LogP contribution in [0.25, 0.3) is 0 Å². The van der Waals surface area contributed by atoms with Gasteiger partial charge in [-0.15, -0.1) is 0 Å². The van der Waals surface area contributed by atoms with E-state index in [2.05, 4.69) is 5.16 Å². The quantitative estimate of drug-likeness (QED) is 0.405. The fourth-order valence-electron chi connectivity index (χ4n) is 1.90. The third-order valence-corrected chi connectivity index (χ3v) is 3.17. The molecule has 23 heavy (non-hydrogen) atoms. The summed E-state index contributed by atoms with van der Waals surface area (Å²) in [4.78, 5) is 5.20. The van der Waals surface area contributed by atoms with Crippen LogP contribution in [0, 0.1) is 0 Å². The molecule has 0 spiro atoms. The number of methoxy groups -OCH3 is 1. The van der Waals surface area contributed by atoms with Gasteiger partial charge in [-0.25, -0.2) is 0 Å². The molecule has 0 unspecified atom stereocenters. The van der Waals surface area contributed by atoms with Crippen molar-refractivity contribution in [2.45, 2.75) is 31.9 Å². The van der Waals surface area contributed by atoms with E-state index in [1.807, 2.05) is 0 Å². The molecule has 0 heterocycles. The molecule has 4 nitrogen and oxygen atoms in total. The van der Waals surface area contributed by atoms with E-state index < -0.39 is 11.7 Å². The van der Waals surface area contributed by atoms with Gasteiger partial charge < -0.3 is 15.3 Å². The Bertz CT molecular complexity index is 473. The van der Waals surface area contributed by atoms with Gasteiger partial charge >= 0.3 is 6.18 Å². The van der Waals surface area contributed by atoms with Crippen molar-refractivity contribution in [3.63, 3.8) is 0 Å². The average molecular weight is 332 g/mol. The summed E-state index contributed by atoms with van der Waals surface area (Å²) in [6.07, 6.45) is -1.40. The van der Waals surface area contributed by atoms with E-state index in [9.17, 15) is 13.2 Å². The molecule has 0 aromatic heterocycles. The van der Waals surface area contributed by atoms with Crippen molar-refractivity contribution in [1.82, 2.24) is 0 Å². The van der Waals surface area contributed by atoms with Gasteiger partial charge in [0.2, 0.25) is 0 Å². The second-order valence-electron chi connectivity index (χ2n) is 5.04. The summed E-state index contributed by atoms with van der Waals surface area (Å²) in [6.45, 7) is 1.52. The number of nitrogens with two attached hydrogens (primary N) is 1. The molecule has 0 aliphatic rings. The fraction of sp³-hybridized carbons (Fsp3) is 0.562. The van der Waals surface area contributed by atoms with E-state index in [0.29, 0.717) is 43.9 Å². The molecule has 0 atom stereocenters. The Kier molecular flexibility index (Phi) is 8.65. The molecule has 130 valence electrons. The second kappa shape index (κ2) is 10.2. The van der Waals surface area contributed by atoms with Crippen molar-refractivity contribution in [2.24, 2.45) is 10.9 Å². The van der Waals surface area contributed by atoms with Gasteiger partial charge in [-0.05, 0) is 49.9 Å². The Balaban J connectivity index is 2.76. The van der Waals surface area contributed by atoms with Crippen molar-refractivity contribution >= 4 is 5.71 Å². The van der Waals surface area contributed by atoms with Gasteiger partial charge in [-0.2, -0.15) is 13.2 Å². The molecule has 0 bridgehead atoms. The number of hydrogen-bond donors (Lipinski definition) is 1. The van der Waals surface area contributed by atoms with E-state index >= 15 is 0 Å². The summed E-state index contributed by atoms with van der Waals surface area (Å²) < 4.78 is 42.8. The van der Waals surface area contributed by atoms with Crippen LogP contribution in [-0.2, 0) is 15.8 Å². The second-order valence-corrected chi connectivity index (χ2v) is 5.04. The molecule has 0 amide bonds. The van der Waals surface area contributed by atoms with E-state index in [0.717, 1.165) is 25.0 Å². The molecule has 0 radical (unpaired) electrons. The molecule has 0 fully saturated rings. The lowest BCUT2D eigenvalue weighted by Crippen LogP contribution is -2.08. The minimum absolute atomic E-state index is 0.388. The Morgan fingerprint density at radius 3 is 2.35 bits per heavy atom. The fourth-order valence-corrected chi connectivity index (χ4v) is 1.90. The maximum Gasteiger partial charge on any atom is 0.416 e. The van der Waals surface area contributed by atoms with Gasteiger partial charge in [0, 0.05) is 13.7 Å². The average Bonchev–Trinajstić information content (AvgIpc) is 2.53. The molecule has 0 saturated carbocycles. The monoisotopic (exact) mass is 332 g/mol. The van der Waals surface area contributed by atoms with Crippen molar-refractivity contribution in [3.05, 3.63) is 35.4 Å². The molecular weight excluding hydrogens is 309 g/mol. The maximum absolute atomic E-state index is 12.6. The van der Waals surface area contributed by atoms with Crippen LogP contribution >= 0.6 is 0 Å². The van der Waals surface area contributed by atoms with Crippen molar-refractivity contribution in [3.8, 4) is 0 Å². The van der Waals surface area contributed by atoms with Crippen LogP contribution < -0.4 is 5.73 Å². The molecule has 1 rings (SSSR count). The summed E-state index contributed by atoms with van der Waals surface area (Å²) in [5.74, 6) is 0. The zero-order chi connectivity index (χ0) is 17.1. The normalized spacial score (nSPS) is 12.5. The topological polar surface area (TPSA) is 56.8 Å². The Morgan fingerprint density at radius 2 is 1.78 bits per heavy atom. The third-order valence-electron chi connectivity index (χ3n) is 3.17. The van der Waals surface area contributed by atoms with E-state index in [4.69, 9.17) is 15.3 Å². The van der Waals surface area contributed by atoms with Gasteiger partial charge in [0.25, 0.3) is 0 Å². The van der Waals surface area contributed by atoms with Gasteiger partial charge in [-0.3, -0.25) is 0 Å². The van der Waals surface area contributed by atoms with Gasteiger partial charge in [0.15, 0.2) is 0 Å². The highest BCUT2D eigenvalue weighted by Crippen LogP contribution is 2.29. The summed E-state index contributed by atoms with van der Waals surface area (Å²) in [5, 5.41) is 4.06. The largest absolute Gasteiger partial charge is 0.416 e. The lowest BCUT2D eigenvalue weighted by molar-refractivity contribution is -0.137. The van der Waals surface area contributed by atoms with Gasteiger partial charge in [-0.1, -0.05) is 17.3 Å². The number of oxime groups is 1. The summed E-state index contributed by atoms with van der Waals surface area (Å²) in [6, 6.07) is 4.95. The Hall–Kier alpha value is -1.60. The first-order valence-electron chi connectivity index (χ1n) is 7.54. The first-order chi connectivity index (χ1) is 11.0. The number of ether oxygens (including phenoxy) is 1. The van der Waals surface area contributed by atoms with Gasteiger partial charge in [0.1, 0.15) is 6.61 Å². The molecule has 7 heteroatoms. The Morgan fingerprint density at radius 1 is 1.09 bits per heavy atom. The molecule has 1 aromatic carbocycles. The smallest absolute Gasteiger partial charge is 0.396 e. The van der Waals surface area contributed by atoms with Crippen LogP contribution in [0.3, 0.4) is 0 Å². The summed E-state index contributed by atoms with van der Waals surface area (Å²) in [7, 11) is 1.63. The highest BCUT2D eigenvalue weighted by atomic mass is 19.4. The lowest BCUT2D eigenvalue weighted by atomic mass is 10.0. The van der Waals surface area contributed by atoms with Crippen LogP contribution in [0.15, 0.2) is 29.4 Å². The molecule has 0 aliphatic carbocycles. The van der Waals surface area contributed by atoms with Crippen molar-refractivity contribution in [2.75, 3.05) is 26.9 Å². The van der Waals surface area contributed by atoms with Crippen LogP contribution in [0.1, 0.15) is 36.8 Å². The summed E-state index contributed by atoms with van der Waals surface area (Å²) >= 11 is 0. The predicted octanol–water partition coefficient (Wildman–Crippen LogP) is 3.59. The van der Waals surface area contributed by atoms with Crippen molar-refractivity contribution < 1.29 is 22.7 Å². The maximum atomic E-state index is 12.6. The van der Waals surface area contributed by atoms with E-state index in [1.54, 1.807) is 7.11 Å². The zero-order valence-corrected chi connectivity index (χ0v) is 13.2. The van der Waals surface area contributed by atoms with E-state index in [-0.39, 0.29) is 0 Å². The predicted molar refractivity (Wildman–Crippen MR) is 83.3 cm³/mol. The number of unbranched alkanes of at least 4 members (excludes halogenated alkanes) is 1. The van der Waals surface area contributed by atoms with Crippen molar-refractivity contribution in [1.29, 1.82) is 0 Å². The number of alkyl halides is 3. The molecule has 2 N–H and O–H groups in total. The minimum atomic E-state index is -4.34. The van der Waals surface area contributed by atoms with Crippen LogP contribution in [0.5, 0.6) is 0 Å². The number of halogens is 3. The number of nitrogens with zero attached hydrogens (tertiary/aromatic N) is 1.